The predicted molar refractivity (Wildman–Crippen MR) is 145 cm³/mol. The molecule has 3 amide bonds. The molecule has 18 heteroatoms. The first-order valence-corrected chi connectivity index (χ1v) is 14.7. The molecule has 3 aromatic heterocycles. The zero-order valence-corrected chi connectivity index (χ0v) is 23.4. The Bertz CT molecular complexity index is 1540. The number of aromatic nitrogens is 4. The average molecular weight is 607 g/mol. The van der Waals surface area contributed by atoms with Crippen molar-refractivity contribution in [3.63, 3.8) is 0 Å². The summed E-state index contributed by atoms with van der Waals surface area (Å²) in [7, 11) is 0. The molecule has 0 aliphatic carbocycles. The first-order valence-electron chi connectivity index (χ1n) is 12.0. The first-order chi connectivity index (χ1) is 19.3. The molecule has 1 saturated heterocycles. The molecule has 210 valence electrons. The number of rotatable bonds is 12. The van der Waals surface area contributed by atoms with Crippen LogP contribution in [0.25, 0.3) is 4.83 Å². The number of carbonyl (C=O) groups is 4. The van der Waals surface area contributed by atoms with Crippen LogP contribution >= 0.6 is 34.6 Å². The van der Waals surface area contributed by atoms with Gasteiger partial charge in [0.05, 0.1) is 0 Å². The van der Waals surface area contributed by atoms with E-state index in [1.54, 1.807) is 0 Å². The van der Waals surface area contributed by atoms with E-state index in [4.69, 9.17) is 10.6 Å². The number of hydrogen-bond donors (Lipinski definition) is 4. The minimum atomic E-state index is -1.25. The summed E-state index contributed by atoms with van der Waals surface area (Å²) in [5.41, 5.74) is 5.83. The quantitative estimate of drug-likeness (QED) is 0.0523. The van der Waals surface area contributed by atoms with Crippen LogP contribution in [0.2, 0.25) is 0 Å². The summed E-state index contributed by atoms with van der Waals surface area (Å²) >= 11 is 3.73. The van der Waals surface area contributed by atoms with Crippen molar-refractivity contribution in [3.05, 3.63) is 40.7 Å². The normalized spacial score (nSPS) is 18.9. The fourth-order valence-electron chi connectivity index (χ4n) is 4.34. The molecule has 0 aromatic carbocycles. The van der Waals surface area contributed by atoms with E-state index in [0.717, 1.165) is 22.2 Å². The lowest BCUT2D eigenvalue weighted by atomic mass is 10.0. The molecule has 2 atom stereocenters. The van der Waals surface area contributed by atoms with Gasteiger partial charge in [-0.1, -0.05) is 23.4 Å². The van der Waals surface area contributed by atoms with E-state index in [2.05, 4.69) is 25.1 Å². The van der Waals surface area contributed by atoms with Gasteiger partial charge in [0.2, 0.25) is 22.8 Å². The monoisotopic (exact) mass is 606 g/mol. The van der Waals surface area contributed by atoms with E-state index in [1.165, 1.54) is 28.0 Å². The average Bonchev–Trinajstić information content (AvgIpc) is 3.65. The van der Waals surface area contributed by atoms with E-state index in [1.807, 2.05) is 33.7 Å². The Kier molecular flexibility index (Phi) is 7.99. The van der Waals surface area contributed by atoms with Crippen molar-refractivity contribution in [3.8, 4) is 0 Å². The number of β-lactam (4-membered cyclic amide) rings is 1. The van der Waals surface area contributed by atoms with Crippen molar-refractivity contribution in [2.45, 2.75) is 37.8 Å². The van der Waals surface area contributed by atoms with Gasteiger partial charge >= 0.3 is 5.97 Å². The third kappa shape index (κ3) is 5.11. The molecule has 2 aliphatic heterocycles. The molecule has 3 aromatic rings. The van der Waals surface area contributed by atoms with E-state index in [0.29, 0.717) is 24.2 Å². The molecule has 5 rings (SSSR count). The van der Waals surface area contributed by atoms with E-state index in [9.17, 15) is 24.3 Å². The lowest BCUT2D eigenvalue weighted by molar-refractivity contribution is -0.695. The Morgan fingerprint density at radius 2 is 2.25 bits per heavy atom. The number of nitrogens with zero attached hydrogens (tertiary/aromatic N) is 6. The lowest BCUT2D eigenvalue weighted by Gasteiger charge is -2.49. The van der Waals surface area contributed by atoms with Crippen molar-refractivity contribution in [2.24, 2.45) is 5.16 Å². The molecule has 0 saturated carbocycles. The van der Waals surface area contributed by atoms with Gasteiger partial charge in [-0.05, 0) is 6.42 Å². The zero-order valence-electron chi connectivity index (χ0n) is 21.0. The van der Waals surface area contributed by atoms with Crippen LogP contribution < -0.4 is 20.9 Å². The molecule has 5 heterocycles. The molecule has 0 unspecified atom stereocenters. The number of thioether (sulfide) groups is 1. The van der Waals surface area contributed by atoms with Crippen LogP contribution in [0.1, 0.15) is 25.0 Å². The summed E-state index contributed by atoms with van der Waals surface area (Å²) in [6.07, 6.45) is 4.99. The molecule has 0 radical (unpaired) electrons. The minimum absolute atomic E-state index is 0.0335. The van der Waals surface area contributed by atoms with Crippen LogP contribution in [0.15, 0.2) is 34.2 Å². The second-order valence-corrected chi connectivity index (χ2v) is 11.4. The maximum atomic E-state index is 13.2. The molecule has 0 bridgehead atoms. The van der Waals surface area contributed by atoms with Gasteiger partial charge < -0.3 is 26.3 Å². The van der Waals surface area contributed by atoms with Gasteiger partial charge in [-0.2, -0.15) is 13.8 Å². The smallest absolute Gasteiger partial charge is 0.352 e. The number of hydrogen-bond acceptors (Lipinski definition) is 12. The number of fused-ring (bicyclic) bond motifs is 2. The molecular formula is C22H24N9O6S3+. The number of carboxylic acids is 1. The van der Waals surface area contributed by atoms with E-state index in [-0.39, 0.29) is 42.1 Å². The van der Waals surface area contributed by atoms with Crippen molar-refractivity contribution >= 4 is 74.5 Å². The Hall–Kier alpha value is -4.03. The largest absolute Gasteiger partial charge is 0.477 e. The zero-order chi connectivity index (χ0) is 28.4. The maximum Gasteiger partial charge on any atom is 0.352 e. The van der Waals surface area contributed by atoms with Crippen molar-refractivity contribution in [2.75, 3.05) is 18.1 Å². The molecular weight excluding hydrogens is 583 g/mol. The summed E-state index contributed by atoms with van der Waals surface area (Å²) in [6.45, 7) is 2.57. The molecule has 5 N–H and O–H groups in total. The number of imidazole rings is 1. The topological polar surface area (TPSA) is 197 Å². The van der Waals surface area contributed by atoms with E-state index >= 15 is 0 Å². The standard InChI is InChI=1S/C22H23N9O6S3/c1-2-4-37-27-14(17-26-22(23)40-28-17)18(33)25-15-19(34)31-16(21(35)36)11(9-39-20(15)31)7-29-8-13-30(3-5-38-13)12(29)6-24-10-32/h3,5,8,10,15,20H,2,4,6-7,9H2,1H3,(H4-,23,24,25,26,28,32,33,35,36)/p+1/b27-14-/t15-,20-/m1/s1. The summed E-state index contributed by atoms with van der Waals surface area (Å²) in [6, 6.07) is -0.986. The number of nitrogens with one attached hydrogen (secondary N) is 2. The van der Waals surface area contributed by atoms with Crippen LogP contribution in [-0.4, -0.2) is 77.4 Å². The SMILES string of the molecule is CCCO/N=C(\C(=O)N[C@@H]1C(=O)N2C(C(=O)O)=C(C[n+]3cc4sccn4c3CNC=O)CS[C@H]12)c1nsc(N)n1. The van der Waals surface area contributed by atoms with Crippen LogP contribution in [-0.2, 0) is 37.1 Å². The maximum absolute atomic E-state index is 13.2. The highest BCUT2D eigenvalue weighted by Gasteiger charge is 2.54. The number of carbonyl (C=O) groups excluding carboxylic acids is 3. The summed E-state index contributed by atoms with van der Waals surface area (Å²) in [5, 5.41) is 20.6. The van der Waals surface area contributed by atoms with Gasteiger partial charge in [-0.25, -0.2) is 9.36 Å². The van der Waals surface area contributed by atoms with Gasteiger partial charge in [0, 0.05) is 28.2 Å². The molecule has 40 heavy (non-hydrogen) atoms. The van der Waals surface area contributed by atoms with Crippen molar-refractivity contribution in [1.82, 2.24) is 29.3 Å². The Labute approximate surface area is 238 Å². The van der Waals surface area contributed by atoms with Crippen LogP contribution in [0, 0.1) is 0 Å². The predicted octanol–water partition coefficient (Wildman–Crippen LogP) is -0.462. The number of aliphatic carboxylic acids is 1. The summed E-state index contributed by atoms with van der Waals surface area (Å²) in [4.78, 5) is 60.8. The van der Waals surface area contributed by atoms with E-state index < -0.39 is 29.2 Å². The number of anilines is 1. The number of oxime groups is 1. The number of thiazole rings is 1. The Morgan fingerprint density at radius 3 is 2.95 bits per heavy atom. The number of amides is 3. The second kappa shape index (κ2) is 11.6. The number of nitrogen functional groups attached to an aromatic ring is 1. The summed E-state index contributed by atoms with van der Waals surface area (Å²) < 4.78 is 7.78. The lowest BCUT2D eigenvalue weighted by Crippen LogP contribution is -2.71. The molecule has 15 nitrogen and oxygen atoms in total. The molecule has 2 aliphatic rings. The van der Waals surface area contributed by atoms with Crippen LogP contribution in [0.3, 0.4) is 0 Å². The number of nitrogens with two attached hydrogens (primary N) is 1. The Balaban J connectivity index is 1.37. The second-order valence-electron chi connectivity index (χ2n) is 8.63. The highest BCUT2D eigenvalue weighted by Crippen LogP contribution is 2.40. The van der Waals surface area contributed by atoms with Crippen LogP contribution in [0.4, 0.5) is 5.13 Å². The highest BCUT2D eigenvalue weighted by atomic mass is 32.2. The fourth-order valence-corrected chi connectivity index (χ4v) is 6.90. The Morgan fingerprint density at radius 1 is 1.43 bits per heavy atom. The van der Waals surface area contributed by atoms with Crippen molar-refractivity contribution in [1.29, 1.82) is 0 Å². The third-order valence-electron chi connectivity index (χ3n) is 6.07. The fraction of sp³-hybridized carbons (Fsp3) is 0.364. The summed E-state index contributed by atoms with van der Waals surface area (Å²) in [5.74, 6) is -1.52. The van der Waals surface area contributed by atoms with Gasteiger partial charge in [0.15, 0.2) is 5.13 Å². The van der Waals surface area contributed by atoms with Crippen molar-refractivity contribution < 1.29 is 33.7 Å². The number of carboxylic acid groups (broad SMARTS) is 1. The van der Waals surface area contributed by atoms with Gasteiger partial charge in [0.1, 0.15) is 49.2 Å². The van der Waals surface area contributed by atoms with Crippen LogP contribution in [0.5, 0.6) is 0 Å². The van der Waals surface area contributed by atoms with Gasteiger partial charge in [0.25, 0.3) is 17.6 Å². The minimum Gasteiger partial charge on any atom is -0.477 e. The van der Waals surface area contributed by atoms with Gasteiger partial charge in [-0.3, -0.25) is 19.3 Å². The molecule has 0 spiro atoms. The third-order valence-corrected chi connectivity index (χ3v) is 8.76. The van der Waals surface area contributed by atoms with Gasteiger partial charge in [-0.15, -0.1) is 11.8 Å². The highest BCUT2D eigenvalue weighted by molar-refractivity contribution is 8.00. The first kappa shape index (κ1) is 27.5. The molecule has 1 fully saturated rings.